The average molecular weight is 330 g/mol. The molecule has 0 atom stereocenters. The Bertz CT molecular complexity index is 534. The Morgan fingerprint density at radius 2 is 1.71 bits per heavy atom. The molecule has 1 aliphatic rings. The van der Waals surface area contributed by atoms with E-state index in [-0.39, 0.29) is 5.75 Å². The zero-order valence-electron chi connectivity index (χ0n) is 12.6. The van der Waals surface area contributed by atoms with Gasteiger partial charge in [0, 0.05) is 19.0 Å². The Balaban J connectivity index is 1.95. The van der Waals surface area contributed by atoms with Crippen LogP contribution in [0.25, 0.3) is 0 Å². The minimum absolute atomic E-state index is 0.0913. The number of piperidine rings is 1. The van der Waals surface area contributed by atoms with Gasteiger partial charge in [-0.05, 0) is 29.9 Å². The number of benzene rings is 1. The summed E-state index contributed by atoms with van der Waals surface area (Å²) in [5.41, 5.74) is 1.85. The third-order valence-corrected chi connectivity index (χ3v) is 6.35. The van der Waals surface area contributed by atoms with Gasteiger partial charge in [-0.1, -0.05) is 44.0 Å². The molecule has 0 spiro atoms. The summed E-state index contributed by atoms with van der Waals surface area (Å²) in [6, 6.07) is 7.51. The molecule has 2 rings (SSSR count). The fourth-order valence-corrected chi connectivity index (χ4v) is 4.65. The lowest BCUT2D eigenvalue weighted by molar-refractivity contribution is 0.262. The SMILES string of the molecule is CCCC1CCN(S(=O)(=O)Cc2ccc(CCl)cc2)CC1. The van der Waals surface area contributed by atoms with Crippen LogP contribution in [-0.4, -0.2) is 25.8 Å². The summed E-state index contributed by atoms with van der Waals surface area (Å²) in [6.45, 7) is 3.53. The van der Waals surface area contributed by atoms with E-state index in [0.717, 1.165) is 24.0 Å². The van der Waals surface area contributed by atoms with E-state index in [2.05, 4.69) is 6.92 Å². The van der Waals surface area contributed by atoms with Gasteiger partial charge in [0.25, 0.3) is 0 Å². The maximum Gasteiger partial charge on any atom is 0.218 e. The van der Waals surface area contributed by atoms with Crippen molar-refractivity contribution in [2.75, 3.05) is 13.1 Å². The smallest absolute Gasteiger partial charge is 0.212 e. The Hall–Kier alpha value is -0.580. The lowest BCUT2D eigenvalue weighted by Crippen LogP contribution is -2.39. The van der Waals surface area contributed by atoms with Crippen molar-refractivity contribution in [2.45, 2.75) is 44.2 Å². The molecule has 1 fully saturated rings. The monoisotopic (exact) mass is 329 g/mol. The van der Waals surface area contributed by atoms with Gasteiger partial charge >= 0.3 is 0 Å². The zero-order chi connectivity index (χ0) is 15.3. The highest BCUT2D eigenvalue weighted by Gasteiger charge is 2.27. The maximum atomic E-state index is 12.5. The first-order valence-electron chi connectivity index (χ1n) is 7.66. The third-order valence-electron chi connectivity index (χ3n) is 4.19. The fourth-order valence-electron chi connectivity index (χ4n) is 2.91. The number of rotatable bonds is 6. The molecule has 0 unspecified atom stereocenters. The van der Waals surface area contributed by atoms with Crippen molar-refractivity contribution in [3.8, 4) is 0 Å². The van der Waals surface area contributed by atoms with Gasteiger partial charge in [0.05, 0.1) is 5.75 Å². The first kappa shape index (κ1) is 16.8. The van der Waals surface area contributed by atoms with Gasteiger partial charge in [-0.2, -0.15) is 0 Å². The van der Waals surface area contributed by atoms with Crippen molar-refractivity contribution in [1.82, 2.24) is 4.31 Å². The highest BCUT2D eigenvalue weighted by Crippen LogP contribution is 2.24. The number of hydrogen-bond acceptors (Lipinski definition) is 2. The minimum Gasteiger partial charge on any atom is -0.212 e. The van der Waals surface area contributed by atoms with Crippen LogP contribution in [0.3, 0.4) is 0 Å². The molecule has 1 heterocycles. The lowest BCUT2D eigenvalue weighted by atomic mass is 9.94. The molecule has 1 aliphatic heterocycles. The van der Waals surface area contributed by atoms with Gasteiger partial charge in [-0.15, -0.1) is 11.6 Å². The fraction of sp³-hybridized carbons (Fsp3) is 0.625. The van der Waals surface area contributed by atoms with E-state index >= 15 is 0 Å². The number of nitrogens with zero attached hydrogens (tertiary/aromatic N) is 1. The maximum absolute atomic E-state index is 12.5. The molecule has 21 heavy (non-hydrogen) atoms. The van der Waals surface area contributed by atoms with Crippen LogP contribution in [0.4, 0.5) is 0 Å². The van der Waals surface area contributed by atoms with Crippen LogP contribution in [0.5, 0.6) is 0 Å². The normalized spacial score (nSPS) is 18.0. The second-order valence-electron chi connectivity index (χ2n) is 5.84. The molecule has 0 saturated carbocycles. The first-order valence-corrected chi connectivity index (χ1v) is 9.81. The Kier molecular flexibility index (Phi) is 6.08. The molecule has 118 valence electrons. The summed E-state index contributed by atoms with van der Waals surface area (Å²) in [7, 11) is -3.19. The number of hydrogen-bond donors (Lipinski definition) is 0. The molecule has 0 aliphatic carbocycles. The van der Waals surface area contributed by atoms with Crippen LogP contribution in [-0.2, 0) is 21.7 Å². The minimum atomic E-state index is -3.19. The number of sulfonamides is 1. The van der Waals surface area contributed by atoms with Crippen LogP contribution in [0.1, 0.15) is 43.7 Å². The van der Waals surface area contributed by atoms with Crippen LogP contribution < -0.4 is 0 Å². The molecular weight excluding hydrogens is 306 g/mol. The molecule has 5 heteroatoms. The van der Waals surface area contributed by atoms with Crippen molar-refractivity contribution >= 4 is 21.6 Å². The second-order valence-corrected chi connectivity index (χ2v) is 8.07. The second kappa shape index (κ2) is 7.61. The third kappa shape index (κ3) is 4.70. The zero-order valence-corrected chi connectivity index (χ0v) is 14.2. The van der Waals surface area contributed by atoms with Crippen LogP contribution in [0.2, 0.25) is 0 Å². The van der Waals surface area contributed by atoms with Gasteiger partial charge in [0.2, 0.25) is 10.0 Å². The van der Waals surface area contributed by atoms with E-state index in [0.29, 0.717) is 24.9 Å². The predicted molar refractivity (Wildman–Crippen MR) is 87.8 cm³/mol. The van der Waals surface area contributed by atoms with Crippen molar-refractivity contribution in [3.63, 3.8) is 0 Å². The molecular formula is C16H24ClNO2S. The van der Waals surface area contributed by atoms with Crippen molar-refractivity contribution in [1.29, 1.82) is 0 Å². The van der Waals surface area contributed by atoms with Crippen LogP contribution >= 0.6 is 11.6 Å². The summed E-state index contributed by atoms with van der Waals surface area (Å²) < 4.78 is 26.6. The molecule has 0 radical (unpaired) electrons. The van der Waals surface area contributed by atoms with E-state index in [1.54, 1.807) is 4.31 Å². The number of halogens is 1. The largest absolute Gasteiger partial charge is 0.218 e. The van der Waals surface area contributed by atoms with E-state index in [1.807, 2.05) is 24.3 Å². The Labute approximate surface area is 133 Å². The van der Waals surface area contributed by atoms with Gasteiger partial charge in [0.1, 0.15) is 0 Å². The standard InChI is InChI=1S/C16H24ClNO2S/c1-2-3-14-8-10-18(11-9-14)21(19,20)13-16-6-4-15(12-17)5-7-16/h4-7,14H,2-3,8-13H2,1H3. The van der Waals surface area contributed by atoms with E-state index in [1.165, 1.54) is 12.8 Å². The Morgan fingerprint density at radius 3 is 2.24 bits per heavy atom. The molecule has 1 saturated heterocycles. The molecule has 0 N–H and O–H groups in total. The molecule has 0 bridgehead atoms. The van der Waals surface area contributed by atoms with E-state index in [4.69, 9.17) is 11.6 Å². The van der Waals surface area contributed by atoms with Crippen LogP contribution in [0.15, 0.2) is 24.3 Å². The Morgan fingerprint density at radius 1 is 1.14 bits per heavy atom. The van der Waals surface area contributed by atoms with E-state index < -0.39 is 10.0 Å². The lowest BCUT2D eigenvalue weighted by Gasteiger charge is -2.31. The topological polar surface area (TPSA) is 37.4 Å². The van der Waals surface area contributed by atoms with Crippen molar-refractivity contribution < 1.29 is 8.42 Å². The molecule has 1 aromatic carbocycles. The quantitative estimate of drug-likeness (QED) is 0.745. The summed E-state index contributed by atoms with van der Waals surface area (Å²) in [6.07, 6.45) is 4.40. The summed E-state index contributed by atoms with van der Waals surface area (Å²) in [5, 5.41) is 0. The van der Waals surface area contributed by atoms with Gasteiger partial charge in [-0.25, -0.2) is 12.7 Å². The average Bonchev–Trinajstić information content (AvgIpc) is 2.48. The van der Waals surface area contributed by atoms with Gasteiger partial charge in [0.15, 0.2) is 0 Å². The van der Waals surface area contributed by atoms with Gasteiger partial charge < -0.3 is 0 Å². The molecule has 3 nitrogen and oxygen atoms in total. The molecule has 0 amide bonds. The summed E-state index contributed by atoms with van der Waals surface area (Å²) in [5.74, 6) is 1.25. The highest BCUT2D eigenvalue weighted by molar-refractivity contribution is 7.88. The van der Waals surface area contributed by atoms with Crippen molar-refractivity contribution in [2.24, 2.45) is 5.92 Å². The molecule has 0 aromatic heterocycles. The van der Waals surface area contributed by atoms with Crippen molar-refractivity contribution in [3.05, 3.63) is 35.4 Å². The van der Waals surface area contributed by atoms with E-state index in [9.17, 15) is 8.42 Å². The van der Waals surface area contributed by atoms with Crippen LogP contribution in [0, 0.1) is 5.92 Å². The molecule has 1 aromatic rings. The summed E-state index contributed by atoms with van der Waals surface area (Å²) >= 11 is 5.75. The number of alkyl halides is 1. The highest BCUT2D eigenvalue weighted by atomic mass is 35.5. The van der Waals surface area contributed by atoms with Gasteiger partial charge in [-0.3, -0.25) is 0 Å². The summed E-state index contributed by atoms with van der Waals surface area (Å²) in [4.78, 5) is 0. The predicted octanol–water partition coefficient (Wildman–Crippen LogP) is 3.77. The first-order chi connectivity index (χ1) is 10.0.